The molecule has 0 bridgehead atoms. The minimum Gasteiger partial charge on any atom is -0.493 e. The normalized spacial score (nSPS) is 12.9. The van der Waals surface area contributed by atoms with Crippen LogP contribution in [-0.4, -0.2) is 34.6 Å². The number of anilines is 1. The maximum absolute atomic E-state index is 12.7. The third-order valence-electron chi connectivity index (χ3n) is 5.17. The quantitative estimate of drug-likeness (QED) is 0.289. The van der Waals surface area contributed by atoms with Crippen LogP contribution >= 0.6 is 0 Å². The van der Waals surface area contributed by atoms with Crippen LogP contribution in [0.2, 0.25) is 0 Å². The van der Waals surface area contributed by atoms with E-state index in [1.165, 1.54) is 43.5 Å². The molecule has 3 aromatic rings. The van der Waals surface area contributed by atoms with Crippen molar-refractivity contribution in [3.63, 3.8) is 0 Å². The zero-order valence-electron chi connectivity index (χ0n) is 19.5. The lowest BCUT2D eigenvalue weighted by Crippen LogP contribution is -2.17. The van der Waals surface area contributed by atoms with Crippen LogP contribution in [-0.2, 0) is 14.9 Å². The van der Waals surface area contributed by atoms with Crippen LogP contribution in [0.25, 0.3) is 6.08 Å². The second kappa shape index (κ2) is 10.4. The van der Waals surface area contributed by atoms with Crippen LogP contribution in [0, 0.1) is 18.3 Å². The van der Waals surface area contributed by atoms with E-state index in [0.29, 0.717) is 36.0 Å². The largest absolute Gasteiger partial charge is 0.493 e. The predicted octanol–water partition coefficient (Wildman–Crippen LogP) is 4.09. The van der Waals surface area contributed by atoms with Gasteiger partial charge in [0.1, 0.15) is 29.8 Å². The fourth-order valence-corrected chi connectivity index (χ4v) is 4.29. The summed E-state index contributed by atoms with van der Waals surface area (Å²) in [6.45, 7) is 2.70. The number of nitrogens with one attached hydrogen (secondary N) is 1. The summed E-state index contributed by atoms with van der Waals surface area (Å²) in [5.41, 5.74) is 1.61. The molecule has 1 aliphatic rings. The highest BCUT2D eigenvalue weighted by molar-refractivity contribution is 7.87. The number of hydrogen-bond donors (Lipinski definition) is 1. The van der Waals surface area contributed by atoms with E-state index < -0.39 is 16.0 Å². The van der Waals surface area contributed by atoms with Crippen molar-refractivity contribution in [2.24, 2.45) is 0 Å². The van der Waals surface area contributed by atoms with Crippen molar-refractivity contribution in [1.82, 2.24) is 0 Å². The summed E-state index contributed by atoms with van der Waals surface area (Å²) in [7, 11) is -2.73. The van der Waals surface area contributed by atoms with Crippen molar-refractivity contribution < 1.29 is 31.6 Å². The Morgan fingerprint density at radius 3 is 2.42 bits per heavy atom. The molecule has 0 aliphatic carbocycles. The third-order valence-corrected chi connectivity index (χ3v) is 6.42. The minimum absolute atomic E-state index is 0.00158. The number of carbonyl (C=O) groups excluding carboxylic acids is 1. The number of nitrogens with zero attached hydrogens (tertiary/aromatic N) is 1. The molecule has 0 saturated carbocycles. The lowest BCUT2D eigenvalue weighted by atomic mass is 10.1. The average Bonchev–Trinajstić information content (AvgIpc) is 2.88. The van der Waals surface area contributed by atoms with Crippen LogP contribution in [0.1, 0.15) is 11.1 Å². The molecule has 9 nitrogen and oxygen atoms in total. The van der Waals surface area contributed by atoms with Crippen molar-refractivity contribution in [1.29, 1.82) is 5.26 Å². The number of rotatable bonds is 7. The van der Waals surface area contributed by atoms with Gasteiger partial charge in [-0.15, -0.1) is 0 Å². The van der Waals surface area contributed by atoms with Gasteiger partial charge < -0.3 is 23.7 Å². The van der Waals surface area contributed by atoms with E-state index in [0.717, 1.165) is 5.56 Å². The van der Waals surface area contributed by atoms with Gasteiger partial charge in [0.25, 0.3) is 5.91 Å². The van der Waals surface area contributed by atoms with Gasteiger partial charge in [0, 0.05) is 11.8 Å². The molecule has 10 heteroatoms. The lowest BCUT2D eigenvalue weighted by Gasteiger charge is -2.18. The van der Waals surface area contributed by atoms with Crippen LogP contribution in [0.3, 0.4) is 0 Å². The molecule has 0 aromatic heterocycles. The van der Waals surface area contributed by atoms with Gasteiger partial charge in [-0.3, -0.25) is 4.79 Å². The molecule has 1 aliphatic heterocycles. The molecular weight excluding hydrogens is 484 g/mol. The summed E-state index contributed by atoms with van der Waals surface area (Å²) < 4.78 is 46.8. The summed E-state index contributed by atoms with van der Waals surface area (Å²) in [6.07, 6.45) is 1.36. The first-order valence-electron chi connectivity index (χ1n) is 10.8. The first-order valence-corrected chi connectivity index (χ1v) is 12.2. The van der Waals surface area contributed by atoms with Gasteiger partial charge in [0.05, 0.1) is 7.11 Å². The van der Waals surface area contributed by atoms with Crippen LogP contribution in [0.4, 0.5) is 5.69 Å². The van der Waals surface area contributed by atoms with E-state index in [4.69, 9.17) is 18.4 Å². The first kappa shape index (κ1) is 24.6. The fraction of sp³-hybridized carbons (Fsp3) is 0.154. The Bertz CT molecular complexity index is 1470. The van der Waals surface area contributed by atoms with E-state index in [-0.39, 0.29) is 22.0 Å². The minimum atomic E-state index is -4.09. The molecule has 3 aromatic carbocycles. The van der Waals surface area contributed by atoms with E-state index in [2.05, 4.69) is 5.32 Å². The van der Waals surface area contributed by atoms with Gasteiger partial charge in [-0.1, -0.05) is 23.8 Å². The molecular formula is C26H22N2O7S. The molecule has 36 heavy (non-hydrogen) atoms. The van der Waals surface area contributed by atoms with Gasteiger partial charge in [0.15, 0.2) is 23.0 Å². The smallest absolute Gasteiger partial charge is 0.339 e. The van der Waals surface area contributed by atoms with Crippen molar-refractivity contribution in [3.05, 3.63) is 77.4 Å². The van der Waals surface area contributed by atoms with Crippen molar-refractivity contribution in [2.75, 3.05) is 25.6 Å². The lowest BCUT2D eigenvalue weighted by molar-refractivity contribution is -0.112. The Labute approximate surface area is 208 Å². The summed E-state index contributed by atoms with van der Waals surface area (Å²) in [4.78, 5) is 12.7. The highest BCUT2D eigenvalue weighted by atomic mass is 32.2. The van der Waals surface area contributed by atoms with E-state index >= 15 is 0 Å². The summed E-state index contributed by atoms with van der Waals surface area (Å²) in [5, 5.41) is 12.2. The second-order valence-electron chi connectivity index (χ2n) is 7.74. The standard InChI is InChI=1S/C26H22N2O7S/c1-17-3-7-21(8-4-17)36(30,31)35-23-9-5-18(14-24(23)32-2)13-19(16-27)26(29)28-20-6-10-22-25(15-20)34-12-11-33-22/h3-10,13-15H,11-12H2,1-2H3,(H,28,29)/b19-13+. The maximum Gasteiger partial charge on any atom is 0.339 e. The highest BCUT2D eigenvalue weighted by Gasteiger charge is 2.20. The Hall–Kier alpha value is -4.49. The van der Waals surface area contributed by atoms with Crippen molar-refractivity contribution in [2.45, 2.75) is 11.8 Å². The number of amides is 1. The maximum atomic E-state index is 12.7. The van der Waals surface area contributed by atoms with E-state index in [1.807, 2.05) is 13.0 Å². The molecule has 0 atom stereocenters. The predicted molar refractivity (Wildman–Crippen MR) is 132 cm³/mol. The number of carbonyl (C=O) groups is 1. The SMILES string of the molecule is COc1cc(/C=C(\C#N)C(=O)Nc2ccc3c(c2)OCCO3)ccc1OS(=O)(=O)c1ccc(C)cc1. The van der Waals surface area contributed by atoms with Crippen LogP contribution in [0.15, 0.2) is 71.1 Å². The summed E-state index contributed by atoms with van der Waals surface area (Å²) >= 11 is 0. The van der Waals surface area contributed by atoms with Crippen LogP contribution < -0.4 is 23.7 Å². The number of nitriles is 1. The zero-order valence-corrected chi connectivity index (χ0v) is 20.3. The van der Waals surface area contributed by atoms with E-state index in [9.17, 15) is 18.5 Å². The molecule has 0 saturated heterocycles. The molecule has 4 rings (SSSR count). The first-order chi connectivity index (χ1) is 17.3. The van der Waals surface area contributed by atoms with Crippen LogP contribution in [0.5, 0.6) is 23.0 Å². The Kier molecular flexibility index (Phi) is 7.12. The molecule has 0 unspecified atom stereocenters. The molecule has 1 heterocycles. The number of fused-ring (bicyclic) bond motifs is 1. The topological polar surface area (TPSA) is 124 Å². The van der Waals surface area contributed by atoms with E-state index in [1.54, 1.807) is 30.3 Å². The Morgan fingerprint density at radius 1 is 1.00 bits per heavy atom. The number of benzene rings is 3. The average molecular weight is 507 g/mol. The van der Waals surface area contributed by atoms with Gasteiger partial charge >= 0.3 is 10.1 Å². The summed E-state index contributed by atoms with van der Waals surface area (Å²) in [6, 6.07) is 17.4. The second-order valence-corrected chi connectivity index (χ2v) is 9.29. The van der Waals surface area contributed by atoms with Gasteiger partial charge in [0.2, 0.25) is 0 Å². The van der Waals surface area contributed by atoms with Crippen molar-refractivity contribution in [3.8, 4) is 29.1 Å². The zero-order chi connectivity index (χ0) is 25.7. The van der Waals surface area contributed by atoms with Gasteiger partial charge in [-0.2, -0.15) is 13.7 Å². The summed E-state index contributed by atoms with van der Waals surface area (Å²) in [5.74, 6) is 0.533. The molecule has 0 fully saturated rings. The Morgan fingerprint density at radius 2 is 1.72 bits per heavy atom. The number of aryl methyl sites for hydroxylation is 1. The molecule has 0 radical (unpaired) electrons. The molecule has 0 spiro atoms. The monoisotopic (exact) mass is 506 g/mol. The molecule has 1 N–H and O–H groups in total. The number of ether oxygens (including phenoxy) is 3. The van der Waals surface area contributed by atoms with Gasteiger partial charge in [-0.05, 0) is 55.0 Å². The molecule has 1 amide bonds. The third kappa shape index (κ3) is 5.59. The number of methoxy groups -OCH3 is 1. The number of hydrogen-bond acceptors (Lipinski definition) is 8. The fourth-order valence-electron chi connectivity index (χ4n) is 3.35. The van der Waals surface area contributed by atoms with Crippen molar-refractivity contribution >= 4 is 27.8 Å². The Balaban J connectivity index is 1.53. The highest BCUT2D eigenvalue weighted by Crippen LogP contribution is 2.33. The molecule has 184 valence electrons. The van der Waals surface area contributed by atoms with Gasteiger partial charge in [-0.25, -0.2) is 0 Å².